The minimum absolute atomic E-state index is 0.0385. The highest BCUT2D eigenvalue weighted by Crippen LogP contribution is 2.25. The lowest BCUT2D eigenvalue weighted by atomic mass is 9.89. The predicted octanol–water partition coefficient (Wildman–Crippen LogP) is 1.48. The number of ether oxygens (including phenoxy) is 2. The Hall–Kier alpha value is -1.70. The molecule has 1 aliphatic heterocycles. The zero-order valence-electron chi connectivity index (χ0n) is 15.8. The van der Waals surface area contributed by atoms with Gasteiger partial charge in [0.25, 0.3) is 5.91 Å². The molecular formula is C19H29FN2O4. The maximum absolute atomic E-state index is 13.9. The zero-order valence-corrected chi connectivity index (χ0v) is 15.8. The fourth-order valence-electron chi connectivity index (χ4n) is 3.51. The van der Waals surface area contributed by atoms with E-state index in [2.05, 4.69) is 4.90 Å². The Morgan fingerprint density at radius 2 is 2.08 bits per heavy atom. The van der Waals surface area contributed by atoms with Gasteiger partial charge in [-0.15, -0.1) is 0 Å². The fraction of sp³-hybridized carbons (Fsp3) is 0.632. The van der Waals surface area contributed by atoms with Crippen molar-refractivity contribution in [2.24, 2.45) is 11.8 Å². The molecule has 2 rings (SSSR count). The van der Waals surface area contributed by atoms with Gasteiger partial charge in [0.1, 0.15) is 0 Å². The molecule has 7 heteroatoms. The van der Waals surface area contributed by atoms with Crippen molar-refractivity contribution in [2.45, 2.75) is 6.42 Å². The highest BCUT2D eigenvalue weighted by atomic mass is 19.1. The van der Waals surface area contributed by atoms with Gasteiger partial charge in [0.15, 0.2) is 11.6 Å². The highest BCUT2D eigenvalue weighted by molar-refractivity contribution is 5.94. The molecule has 0 saturated carbocycles. The molecule has 1 saturated heterocycles. The monoisotopic (exact) mass is 368 g/mol. The Morgan fingerprint density at radius 1 is 1.35 bits per heavy atom. The minimum atomic E-state index is -0.551. The van der Waals surface area contributed by atoms with E-state index in [1.165, 1.54) is 19.2 Å². The third-order valence-electron chi connectivity index (χ3n) is 4.81. The van der Waals surface area contributed by atoms with Gasteiger partial charge in [0.2, 0.25) is 0 Å². The number of aliphatic hydroxyl groups is 1. The molecule has 1 heterocycles. The number of aliphatic hydroxyl groups excluding tert-OH is 1. The van der Waals surface area contributed by atoms with Gasteiger partial charge < -0.3 is 24.4 Å². The number of piperidine rings is 1. The summed E-state index contributed by atoms with van der Waals surface area (Å²) in [5.74, 6) is -0.350. The Labute approximate surface area is 154 Å². The van der Waals surface area contributed by atoms with Crippen LogP contribution in [0.1, 0.15) is 16.8 Å². The van der Waals surface area contributed by atoms with Crippen molar-refractivity contribution < 1.29 is 23.8 Å². The number of likely N-dealkylation sites (tertiary alicyclic amines) is 1. The van der Waals surface area contributed by atoms with Crippen molar-refractivity contribution >= 4 is 5.91 Å². The van der Waals surface area contributed by atoms with Crippen molar-refractivity contribution in [3.8, 4) is 5.75 Å². The SMILES string of the molecule is COCCN(C)C[C@H]1C[C@H](CO)CN(C(=O)c2ccc(OC)c(F)c2)C1. The molecular weight excluding hydrogens is 339 g/mol. The molecule has 26 heavy (non-hydrogen) atoms. The van der Waals surface area contributed by atoms with E-state index in [1.807, 2.05) is 7.05 Å². The lowest BCUT2D eigenvalue weighted by molar-refractivity contribution is 0.0450. The second kappa shape index (κ2) is 9.85. The van der Waals surface area contributed by atoms with Crippen molar-refractivity contribution in [1.29, 1.82) is 0 Å². The van der Waals surface area contributed by atoms with Gasteiger partial charge in [-0.3, -0.25) is 4.79 Å². The normalized spacial score (nSPS) is 20.5. The van der Waals surface area contributed by atoms with Gasteiger partial charge in [-0.2, -0.15) is 0 Å². The van der Waals surface area contributed by atoms with Crippen LogP contribution in [0, 0.1) is 17.7 Å². The van der Waals surface area contributed by atoms with Crippen LogP contribution in [0.25, 0.3) is 0 Å². The summed E-state index contributed by atoms with van der Waals surface area (Å²) in [6, 6.07) is 4.25. The fourth-order valence-corrected chi connectivity index (χ4v) is 3.51. The molecule has 0 radical (unpaired) electrons. The molecule has 1 N–H and O–H groups in total. The average Bonchev–Trinajstić information content (AvgIpc) is 2.65. The number of rotatable bonds is 8. The van der Waals surface area contributed by atoms with E-state index < -0.39 is 5.82 Å². The van der Waals surface area contributed by atoms with E-state index >= 15 is 0 Å². The van der Waals surface area contributed by atoms with E-state index in [4.69, 9.17) is 9.47 Å². The topological polar surface area (TPSA) is 62.2 Å². The Bertz CT molecular complexity index is 599. The Morgan fingerprint density at radius 3 is 2.69 bits per heavy atom. The largest absolute Gasteiger partial charge is 0.494 e. The Kier molecular flexibility index (Phi) is 7.81. The highest BCUT2D eigenvalue weighted by Gasteiger charge is 2.31. The molecule has 0 aliphatic carbocycles. The number of amides is 1. The van der Waals surface area contributed by atoms with Crippen LogP contribution in [0.5, 0.6) is 5.75 Å². The van der Waals surface area contributed by atoms with Crippen LogP contribution >= 0.6 is 0 Å². The van der Waals surface area contributed by atoms with E-state index in [9.17, 15) is 14.3 Å². The lowest BCUT2D eigenvalue weighted by Gasteiger charge is -2.38. The minimum Gasteiger partial charge on any atom is -0.494 e. The molecule has 1 aromatic carbocycles. The van der Waals surface area contributed by atoms with Crippen LogP contribution in [-0.4, -0.2) is 81.5 Å². The van der Waals surface area contributed by atoms with Crippen LogP contribution in [0.4, 0.5) is 4.39 Å². The van der Waals surface area contributed by atoms with E-state index in [-0.39, 0.29) is 30.1 Å². The molecule has 2 atom stereocenters. The maximum Gasteiger partial charge on any atom is 0.253 e. The van der Waals surface area contributed by atoms with Crippen molar-refractivity contribution in [3.63, 3.8) is 0 Å². The first-order valence-electron chi connectivity index (χ1n) is 8.89. The van der Waals surface area contributed by atoms with E-state index in [0.717, 1.165) is 19.5 Å². The summed E-state index contributed by atoms with van der Waals surface area (Å²) < 4.78 is 23.9. The average molecular weight is 368 g/mol. The number of hydrogen-bond donors (Lipinski definition) is 1. The summed E-state index contributed by atoms with van der Waals surface area (Å²) in [7, 11) is 5.08. The second-order valence-corrected chi connectivity index (χ2v) is 6.96. The maximum atomic E-state index is 13.9. The first-order chi connectivity index (χ1) is 12.5. The van der Waals surface area contributed by atoms with Gasteiger partial charge in [0.05, 0.1) is 13.7 Å². The summed E-state index contributed by atoms with van der Waals surface area (Å²) in [5.41, 5.74) is 0.299. The molecule has 1 aromatic rings. The van der Waals surface area contributed by atoms with Gasteiger partial charge in [-0.1, -0.05) is 0 Å². The van der Waals surface area contributed by atoms with Crippen LogP contribution in [-0.2, 0) is 4.74 Å². The molecule has 6 nitrogen and oxygen atoms in total. The van der Waals surface area contributed by atoms with Gasteiger partial charge in [-0.25, -0.2) is 4.39 Å². The molecule has 0 unspecified atom stereocenters. The molecule has 0 bridgehead atoms. The van der Waals surface area contributed by atoms with Crippen molar-refractivity contribution in [1.82, 2.24) is 9.80 Å². The third kappa shape index (κ3) is 5.40. The molecule has 146 valence electrons. The smallest absolute Gasteiger partial charge is 0.253 e. The van der Waals surface area contributed by atoms with Crippen LogP contribution in [0.15, 0.2) is 18.2 Å². The summed E-state index contributed by atoms with van der Waals surface area (Å²) in [5, 5.41) is 9.62. The van der Waals surface area contributed by atoms with E-state index in [0.29, 0.717) is 25.3 Å². The third-order valence-corrected chi connectivity index (χ3v) is 4.81. The predicted molar refractivity (Wildman–Crippen MR) is 96.9 cm³/mol. The van der Waals surface area contributed by atoms with Gasteiger partial charge in [0, 0.05) is 45.5 Å². The molecule has 1 amide bonds. The molecule has 1 aliphatic rings. The van der Waals surface area contributed by atoms with Crippen molar-refractivity contribution in [2.75, 3.05) is 60.7 Å². The summed E-state index contributed by atoms with van der Waals surface area (Å²) >= 11 is 0. The first-order valence-corrected chi connectivity index (χ1v) is 8.89. The van der Waals surface area contributed by atoms with E-state index in [1.54, 1.807) is 18.1 Å². The number of carbonyl (C=O) groups excluding carboxylic acids is 1. The van der Waals surface area contributed by atoms with Gasteiger partial charge in [-0.05, 0) is 43.5 Å². The molecule has 0 aromatic heterocycles. The lowest BCUT2D eigenvalue weighted by Crippen LogP contribution is -2.47. The standard InChI is InChI=1S/C19H29FN2O4/c1-21(6-7-25-2)10-14-8-15(13-23)12-22(11-14)19(24)16-4-5-18(26-3)17(20)9-16/h4-5,9,14-15,23H,6-8,10-13H2,1-3H3/t14-,15+/m1/s1. The molecule has 1 fully saturated rings. The van der Waals surface area contributed by atoms with Crippen molar-refractivity contribution in [3.05, 3.63) is 29.6 Å². The van der Waals surface area contributed by atoms with Crippen LogP contribution < -0.4 is 4.74 Å². The Balaban J connectivity index is 2.06. The summed E-state index contributed by atoms with van der Waals surface area (Å²) in [6.07, 6.45) is 0.870. The number of halogens is 1. The zero-order chi connectivity index (χ0) is 19.1. The number of nitrogens with zero attached hydrogens (tertiary/aromatic N) is 2. The number of likely N-dealkylation sites (N-methyl/N-ethyl adjacent to an activating group) is 1. The number of hydrogen-bond acceptors (Lipinski definition) is 5. The first kappa shape index (κ1) is 20.6. The number of methoxy groups -OCH3 is 2. The van der Waals surface area contributed by atoms with Crippen LogP contribution in [0.3, 0.4) is 0 Å². The number of benzene rings is 1. The molecule has 0 spiro atoms. The summed E-state index contributed by atoms with van der Waals surface area (Å²) in [6.45, 7) is 3.41. The quantitative estimate of drug-likeness (QED) is 0.753. The summed E-state index contributed by atoms with van der Waals surface area (Å²) in [4.78, 5) is 16.7. The van der Waals surface area contributed by atoms with Gasteiger partial charge >= 0.3 is 0 Å². The second-order valence-electron chi connectivity index (χ2n) is 6.96. The number of carbonyl (C=O) groups is 1. The van der Waals surface area contributed by atoms with Crippen LogP contribution in [0.2, 0.25) is 0 Å².